The molecule has 0 aromatic rings. The molecular formula is C15H32N2OS. The predicted molar refractivity (Wildman–Crippen MR) is 86.1 cm³/mol. The number of rotatable bonds is 9. The summed E-state index contributed by atoms with van der Waals surface area (Å²) < 4.78 is 5.69. The Kier molecular flexibility index (Phi) is 9.12. The standard InChI is InChI=1S/C15H32N2OS/c1-5-8-16-15-7-9-18-11-13(15)10-17(3)14(6-2)12-19-4/h13-16H,5-12H2,1-4H3. The van der Waals surface area contributed by atoms with Gasteiger partial charge in [0, 0.05) is 36.9 Å². The maximum absolute atomic E-state index is 5.69. The van der Waals surface area contributed by atoms with Crippen LogP contribution in [0.15, 0.2) is 0 Å². The number of nitrogens with zero attached hydrogens (tertiary/aromatic N) is 1. The van der Waals surface area contributed by atoms with Crippen molar-refractivity contribution in [2.75, 3.05) is 45.4 Å². The molecule has 0 saturated carbocycles. The molecule has 0 spiro atoms. The van der Waals surface area contributed by atoms with Crippen LogP contribution in [0.2, 0.25) is 0 Å². The highest BCUT2D eigenvalue weighted by Gasteiger charge is 2.27. The summed E-state index contributed by atoms with van der Waals surface area (Å²) in [5.41, 5.74) is 0. The molecular weight excluding hydrogens is 256 g/mol. The second kappa shape index (κ2) is 10.0. The molecule has 0 aliphatic carbocycles. The molecule has 3 nitrogen and oxygen atoms in total. The van der Waals surface area contributed by atoms with Gasteiger partial charge in [0.15, 0.2) is 0 Å². The Morgan fingerprint density at radius 2 is 2.21 bits per heavy atom. The maximum atomic E-state index is 5.69. The van der Waals surface area contributed by atoms with Crippen LogP contribution in [0.3, 0.4) is 0 Å². The van der Waals surface area contributed by atoms with E-state index in [0.717, 1.165) is 32.7 Å². The van der Waals surface area contributed by atoms with Gasteiger partial charge in [-0.05, 0) is 39.1 Å². The zero-order valence-electron chi connectivity index (χ0n) is 13.2. The Balaban J connectivity index is 2.45. The van der Waals surface area contributed by atoms with Gasteiger partial charge in [0.25, 0.3) is 0 Å². The topological polar surface area (TPSA) is 24.5 Å². The lowest BCUT2D eigenvalue weighted by molar-refractivity contribution is 0.0156. The third kappa shape index (κ3) is 6.03. The Bertz CT molecular complexity index is 228. The van der Waals surface area contributed by atoms with Crippen molar-refractivity contribution in [2.24, 2.45) is 5.92 Å². The van der Waals surface area contributed by atoms with Gasteiger partial charge in [0.1, 0.15) is 0 Å². The molecule has 1 saturated heterocycles. The normalized spacial score (nSPS) is 25.7. The first-order valence-electron chi connectivity index (χ1n) is 7.73. The van der Waals surface area contributed by atoms with Crippen molar-refractivity contribution in [2.45, 2.75) is 45.2 Å². The summed E-state index contributed by atoms with van der Waals surface area (Å²) in [5.74, 6) is 1.87. The SMILES string of the molecule is CCCNC1CCOCC1CN(C)C(CC)CSC. The molecule has 0 aromatic carbocycles. The van der Waals surface area contributed by atoms with Crippen molar-refractivity contribution in [3.63, 3.8) is 0 Å². The monoisotopic (exact) mass is 288 g/mol. The minimum absolute atomic E-state index is 0.640. The van der Waals surface area contributed by atoms with Gasteiger partial charge in [-0.15, -0.1) is 0 Å². The largest absolute Gasteiger partial charge is 0.381 e. The van der Waals surface area contributed by atoms with Gasteiger partial charge in [-0.1, -0.05) is 13.8 Å². The van der Waals surface area contributed by atoms with Crippen LogP contribution in [0.1, 0.15) is 33.1 Å². The molecule has 1 fully saturated rings. The summed E-state index contributed by atoms with van der Waals surface area (Å²) >= 11 is 1.95. The van der Waals surface area contributed by atoms with Crippen molar-refractivity contribution in [1.29, 1.82) is 0 Å². The summed E-state index contributed by atoms with van der Waals surface area (Å²) in [6.07, 6.45) is 5.81. The molecule has 3 unspecified atom stereocenters. The minimum Gasteiger partial charge on any atom is -0.381 e. The van der Waals surface area contributed by atoms with E-state index in [1.807, 2.05) is 11.8 Å². The van der Waals surface area contributed by atoms with E-state index in [2.05, 4.69) is 37.4 Å². The molecule has 0 amide bonds. The van der Waals surface area contributed by atoms with Gasteiger partial charge >= 0.3 is 0 Å². The molecule has 1 rings (SSSR count). The number of ether oxygens (including phenoxy) is 1. The van der Waals surface area contributed by atoms with Gasteiger partial charge in [-0.25, -0.2) is 0 Å². The van der Waals surface area contributed by atoms with E-state index < -0.39 is 0 Å². The third-order valence-electron chi connectivity index (χ3n) is 4.11. The number of hydrogen-bond donors (Lipinski definition) is 1. The fourth-order valence-electron chi connectivity index (χ4n) is 2.84. The Morgan fingerprint density at radius 1 is 1.42 bits per heavy atom. The van der Waals surface area contributed by atoms with Crippen LogP contribution in [0, 0.1) is 5.92 Å². The second-order valence-electron chi connectivity index (χ2n) is 5.64. The molecule has 0 bridgehead atoms. The van der Waals surface area contributed by atoms with E-state index in [1.54, 1.807) is 0 Å². The average molecular weight is 289 g/mol. The van der Waals surface area contributed by atoms with Crippen LogP contribution < -0.4 is 5.32 Å². The third-order valence-corrected chi connectivity index (χ3v) is 4.82. The molecule has 1 heterocycles. The van der Waals surface area contributed by atoms with E-state index in [4.69, 9.17) is 4.74 Å². The first-order valence-corrected chi connectivity index (χ1v) is 9.12. The lowest BCUT2D eigenvalue weighted by atomic mass is 9.94. The Morgan fingerprint density at radius 3 is 2.84 bits per heavy atom. The number of thioether (sulfide) groups is 1. The molecule has 19 heavy (non-hydrogen) atoms. The number of hydrogen-bond acceptors (Lipinski definition) is 4. The van der Waals surface area contributed by atoms with Crippen molar-refractivity contribution >= 4 is 11.8 Å². The van der Waals surface area contributed by atoms with E-state index in [-0.39, 0.29) is 0 Å². The van der Waals surface area contributed by atoms with Gasteiger partial charge in [-0.3, -0.25) is 0 Å². The fraction of sp³-hybridized carbons (Fsp3) is 1.00. The molecule has 0 aromatic heterocycles. The summed E-state index contributed by atoms with van der Waals surface area (Å²) in [4.78, 5) is 2.54. The van der Waals surface area contributed by atoms with Gasteiger partial charge in [0.05, 0.1) is 6.61 Å². The van der Waals surface area contributed by atoms with Gasteiger partial charge < -0.3 is 15.0 Å². The maximum Gasteiger partial charge on any atom is 0.0521 e. The lowest BCUT2D eigenvalue weighted by Crippen LogP contribution is -2.49. The van der Waals surface area contributed by atoms with E-state index in [9.17, 15) is 0 Å². The highest BCUT2D eigenvalue weighted by molar-refractivity contribution is 7.98. The predicted octanol–water partition coefficient (Wildman–Crippen LogP) is 2.46. The van der Waals surface area contributed by atoms with Crippen LogP contribution in [0.5, 0.6) is 0 Å². The summed E-state index contributed by atoms with van der Waals surface area (Å²) in [6, 6.07) is 1.34. The lowest BCUT2D eigenvalue weighted by Gasteiger charge is -2.37. The summed E-state index contributed by atoms with van der Waals surface area (Å²) in [5, 5.41) is 3.70. The average Bonchev–Trinajstić information content (AvgIpc) is 2.43. The molecule has 3 atom stereocenters. The highest BCUT2D eigenvalue weighted by atomic mass is 32.2. The van der Waals surface area contributed by atoms with Crippen LogP contribution in [0.4, 0.5) is 0 Å². The van der Waals surface area contributed by atoms with Crippen LogP contribution in [-0.4, -0.2) is 62.3 Å². The van der Waals surface area contributed by atoms with E-state index >= 15 is 0 Å². The molecule has 1 aliphatic heterocycles. The molecule has 4 heteroatoms. The zero-order chi connectivity index (χ0) is 14.1. The van der Waals surface area contributed by atoms with Crippen LogP contribution in [-0.2, 0) is 4.74 Å². The minimum atomic E-state index is 0.640. The number of nitrogens with one attached hydrogen (secondary N) is 1. The van der Waals surface area contributed by atoms with Gasteiger partial charge in [-0.2, -0.15) is 11.8 Å². The second-order valence-corrected chi connectivity index (χ2v) is 6.55. The molecule has 0 radical (unpaired) electrons. The quantitative estimate of drug-likeness (QED) is 0.704. The Hall–Kier alpha value is 0.230. The zero-order valence-corrected chi connectivity index (χ0v) is 14.0. The molecule has 114 valence electrons. The first kappa shape index (κ1) is 17.3. The highest BCUT2D eigenvalue weighted by Crippen LogP contribution is 2.18. The summed E-state index contributed by atoms with van der Waals surface area (Å²) in [6.45, 7) is 8.65. The fourth-order valence-corrected chi connectivity index (χ4v) is 3.72. The Labute approximate surface area is 123 Å². The van der Waals surface area contributed by atoms with Crippen molar-refractivity contribution in [1.82, 2.24) is 10.2 Å². The first-order chi connectivity index (χ1) is 9.22. The van der Waals surface area contributed by atoms with E-state index in [0.29, 0.717) is 18.0 Å². The van der Waals surface area contributed by atoms with Gasteiger partial charge in [0.2, 0.25) is 0 Å². The van der Waals surface area contributed by atoms with Crippen LogP contribution in [0.25, 0.3) is 0 Å². The van der Waals surface area contributed by atoms with Crippen molar-refractivity contribution in [3.8, 4) is 0 Å². The molecule has 1 aliphatic rings. The van der Waals surface area contributed by atoms with Crippen molar-refractivity contribution in [3.05, 3.63) is 0 Å². The van der Waals surface area contributed by atoms with Crippen LogP contribution >= 0.6 is 11.8 Å². The molecule has 1 N–H and O–H groups in total. The smallest absolute Gasteiger partial charge is 0.0521 e. The van der Waals surface area contributed by atoms with E-state index in [1.165, 1.54) is 18.6 Å². The van der Waals surface area contributed by atoms with Crippen molar-refractivity contribution < 1.29 is 4.74 Å². The summed E-state index contributed by atoms with van der Waals surface area (Å²) in [7, 11) is 2.27.